The Balaban J connectivity index is 2.32. The zero-order valence-corrected chi connectivity index (χ0v) is 12.0. The Kier molecular flexibility index (Phi) is 3.30. The predicted octanol–water partition coefficient (Wildman–Crippen LogP) is 2.22. The predicted molar refractivity (Wildman–Crippen MR) is 70.5 cm³/mol. The summed E-state index contributed by atoms with van der Waals surface area (Å²) in [6.45, 7) is 1.87. The monoisotopic (exact) mass is 314 g/mol. The molecule has 0 aliphatic carbocycles. The average molecular weight is 315 g/mol. The van der Waals surface area contributed by atoms with E-state index in [4.69, 9.17) is 0 Å². The first kappa shape index (κ1) is 12.3. The second-order valence-corrected chi connectivity index (χ2v) is 6.00. The van der Waals surface area contributed by atoms with E-state index in [1.165, 1.54) is 16.2 Å². The van der Waals surface area contributed by atoms with Gasteiger partial charge in [0.25, 0.3) is 5.91 Å². The van der Waals surface area contributed by atoms with Crippen LogP contribution >= 0.6 is 27.3 Å². The zero-order chi connectivity index (χ0) is 12.6. The fourth-order valence-corrected chi connectivity index (χ4v) is 2.64. The SMILES string of the molecule is Cc1cnn(C)c1C(=O)N(C)c1ncc(Br)s1. The average Bonchev–Trinajstić information content (AvgIpc) is 2.84. The Labute approximate surface area is 111 Å². The summed E-state index contributed by atoms with van der Waals surface area (Å²) >= 11 is 4.74. The van der Waals surface area contributed by atoms with Gasteiger partial charge >= 0.3 is 0 Å². The largest absolute Gasteiger partial charge is 0.286 e. The van der Waals surface area contributed by atoms with Gasteiger partial charge in [0.1, 0.15) is 5.69 Å². The number of aromatic nitrogens is 3. The molecular weight excluding hydrogens is 304 g/mol. The van der Waals surface area contributed by atoms with Gasteiger partial charge in [0.2, 0.25) is 0 Å². The number of anilines is 1. The summed E-state index contributed by atoms with van der Waals surface area (Å²) in [5.74, 6) is -0.107. The first-order chi connectivity index (χ1) is 8.00. The number of rotatable bonds is 2. The molecule has 2 aromatic heterocycles. The van der Waals surface area contributed by atoms with Crippen molar-refractivity contribution in [1.82, 2.24) is 14.8 Å². The minimum atomic E-state index is -0.107. The van der Waals surface area contributed by atoms with E-state index in [9.17, 15) is 4.79 Å². The van der Waals surface area contributed by atoms with Gasteiger partial charge < -0.3 is 0 Å². The summed E-state index contributed by atoms with van der Waals surface area (Å²) in [5.41, 5.74) is 1.44. The van der Waals surface area contributed by atoms with Crippen molar-refractivity contribution < 1.29 is 4.79 Å². The van der Waals surface area contributed by atoms with Crippen LogP contribution in [0.4, 0.5) is 5.13 Å². The van der Waals surface area contributed by atoms with Crippen molar-refractivity contribution in [1.29, 1.82) is 0 Å². The van der Waals surface area contributed by atoms with Crippen LogP contribution in [-0.4, -0.2) is 27.7 Å². The number of carbonyl (C=O) groups is 1. The number of thiazole rings is 1. The number of carbonyl (C=O) groups excluding carboxylic acids is 1. The molecule has 0 atom stereocenters. The van der Waals surface area contributed by atoms with E-state index >= 15 is 0 Å². The molecule has 0 aliphatic heterocycles. The normalized spacial score (nSPS) is 10.6. The minimum Gasteiger partial charge on any atom is -0.286 e. The van der Waals surface area contributed by atoms with Crippen LogP contribution in [0.3, 0.4) is 0 Å². The lowest BCUT2D eigenvalue weighted by Gasteiger charge is -2.14. The quantitative estimate of drug-likeness (QED) is 0.854. The topological polar surface area (TPSA) is 51.0 Å². The summed E-state index contributed by atoms with van der Waals surface area (Å²) in [6, 6.07) is 0. The van der Waals surface area contributed by atoms with Crippen molar-refractivity contribution in [3.05, 3.63) is 27.4 Å². The van der Waals surface area contributed by atoms with Crippen molar-refractivity contribution in [2.24, 2.45) is 7.05 Å². The number of amides is 1. The maximum Gasteiger partial charge on any atom is 0.278 e. The molecule has 0 unspecified atom stereocenters. The van der Waals surface area contributed by atoms with Gasteiger partial charge in [0.05, 0.1) is 16.2 Å². The van der Waals surface area contributed by atoms with E-state index in [0.717, 1.165) is 9.35 Å². The van der Waals surface area contributed by atoms with E-state index in [0.29, 0.717) is 10.8 Å². The molecule has 0 aromatic carbocycles. The van der Waals surface area contributed by atoms with Crippen LogP contribution in [0.25, 0.3) is 0 Å². The van der Waals surface area contributed by atoms with E-state index in [1.54, 1.807) is 31.2 Å². The highest BCUT2D eigenvalue weighted by atomic mass is 79.9. The van der Waals surface area contributed by atoms with Gasteiger partial charge in [-0.2, -0.15) is 5.10 Å². The summed E-state index contributed by atoms with van der Waals surface area (Å²) in [6.07, 6.45) is 3.36. The summed E-state index contributed by atoms with van der Waals surface area (Å²) in [4.78, 5) is 18.0. The number of hydrogen-bond donors (Lipinski definition) is 0. The van der Waals surface area contributed by atoms with Crippen LogP contribution in [0.1, 0.15) is 16.1 Å². The summed E-state index contributed by atoms with van der Waals surface area (Å²) in [7, 11) is 3.46. The third-order valence-corrected chi connectivity index (χ3v) is 3.93. The summed E-state index contributed by atoms with van der Waals surface area (Å²) < 4.78 is 2.48. The van der Waals surface area contributed by atoms with Gasteiger partial charge in [0.15, 0.2) is 5.13 Å². The van der Waals surface area contributed by atoms with Crippen LogP contribution in [-0.2, 0) is 7.05 Å². The van der Waals surface area contributed by atoms with Crippen molar-refractivity contribution in [2.75, 3.05) is 11.9 Å². The second kappa shape index (κ2) is 4.58. The van der Waals surface area contributed by atoms with Gasteiger partial charge in [-0.25, -0.2) is 4.98 Å². The Bertz CT molecular complexity index is 543. The lowest BCUT2D eigenvalue weighted by molar-refractivity contribution is 0.0983. The third kappa shape index (κ3) is 2.25. The summed E-state index contributed by atoms with van der Waals surface area (Å²) in [5, 5.41) is 4.72. The van der Waals surface area contributed by atoms with E-state index in [2.05, 4.69) is 26.0 Å². The van der Waals surface area contributed by atoms with E-state index < -0.39 is 0 Å². The molecule has 7 heteroatoms. The first-order valence-corrected chi connectivity index (χ1v) is 6.49. The fourth-order valence-electron chi connectivity index (χ4n) is 1.50. The minimum absolute atomic E-state index is 0.107. The first-order valence-electron chi connectivity index (χ1n) is 4.88. The molecule has 2 aromatic rings. The smallest absolute Gasteiger partial charge is 0.278 e. The molecule has 0 saturated carbocycles. The van der Waals surface area contributed by atoms with Gasteiger partial charge in [-0.1, -0.05) is 11.3 Å². The molecule has 0 fully saturated rings. The molecule has 5 nitrogen and oxygen atoms in total. The molecule has 0 bridgehead atoms. The number of aryl methyl sites for hydroxylation is 2. The van der Waals surface area contributed by atoms with Crippen LogP contribution in [0.15, 0.2) is 16.2 Å². The van der Waals surface area contributed by atoms with Crippen LogP contribution in [0, 0.1) is 6.92 Å². The van der Waals surface area contributed by atoms with Crippen molar-refractivity contribution >= 4 is 38.3 Å². The van der Waals surface area contributed by atoms with Crippen molar-refractivity contribution in [2.45, 2.75) is 6.92 Å². The van der Waals surface area contributed by atoms with Gasteiger partial charge in [-0.3, -0.25) is 14.4 Å². The van der Waals surface area contributed by atoms with Crippen LogP contribution in [0.5, 0.6) is 0 Å². The Morgan fingerprint density at radius 1 is 1.53 bits per heavy atom. The van der Waals surface area contributed by atoms with E-state index in [1.807, 2.05) is 6.92 Å². The zero-order valence-electron chi connectivity index (χ0n) is 9.64. The molecule has 0 radical (unpaired) electrons. The molecule has 0 N–H and O–H groups in total. The van der Waals surface area contributed by atoms with Crippen molar-refractivity contribution in [3.8, 4) is 0 Å². The molecular formula is C10H11BrN4OS. The number of hydrogen-bond acceptors (Lipinski definition) is 4. The van der Waals surface area contributed by atoms with Crippen molar-refractivity contribution in [3.63, 3.8) is 0 Å². The molecule has 0 spiro atoms. The molecule has 17 heavy (non-hydrogen) atoms. The van der Waals surface area contributed by atoms with E-state index in [-0.39, 0.29) is 5.91 Å². The van der Waals surface area contributed by atoms with Crippen LogP contribution < -0.4 is 4.90 Å². The Morgan fingerprint density at radius 2 is 2.24 bits per heavy atom. The van der Waals surface area contributed by atoms with Crippen LogP contribution in [0.2, 0.25) is 0 Å². The maximum atomic E-state index is 12.3. The van der Waals surface area contributed by atoms with Gasteiger partial charge in [0, 0.05) is 14.1 Å². The maximum absolute atomic E-state index is 12.3. The molecule has 0 saturated heterocycles. The highest BCUT2D eigenvalue weighted by Crippen LogP contribution is 2.27. The second-order valence-electron chi connectivity index (χ2n) is 3.61. The molecule has 1 amide bonds. The van der Waals surface area contributed by atoms with Gasteiger partial charge in [-0.05, 0) is 28.4 Å². The highest BCUT2D eigenvalue weighted by molar-refractivity contribution is 9.11. The number of nitrogens with zero attached hydrogens (tertiary/aromatic N) is 4. The molecule has 0 aliphatic rings. The Hall–Kier alpha value is -1.21. The lowest BCUT2D eigenvalue weighted by Crippen LogP contribution is -2.28. The fraction of sp³-hybridized carbons (Fsp3) is 0.300. The molecule has 2 rings (SSSR count). The van der Waals surface area contributed by atoms with Gasteiger partial charge in [-0.15, -0.1) is 0 Å². The Morgan fingerprint density at radius 3 is 2.71 bits per heavy atom. The highest BCUT2D eigenvalue weighted by Gasteiger charge is 2.21. The lowest BCUT2D eigenvalue weighted by atomic mass is 10.2. The number of halogens is 1. The third-order valence-electron chi connectivity index (χ3n) is 2.38. The molecule has 2 heterocycles. The standard InChI is InChI=1S/C10H11BrN4OS/c1-6-4-13-15(3)8(6)9(16)14(2)10-12-5-7(11)17-10/h4-5H,1-3H3. The molecule has 90 valence electrons.